The third-order valence-electron chi connectivity index (χ3n) is 1.60. The van der Waals surface area contributed by atoms with E-state index < -0.39 is 18.0 Å². The first-order valence-electron chi connectivity index (χ1n) is 4.25. The molecule has 6 nitrogen and oxygen atoms in total. The Bertz CT molecular complexity index is 339. The summed E-state index contributed by atoms with van der Waals surface area (Å²) in [5.74, 6) is -1.07. The van der Waals surface area contributed by atoms with Gasteiger partial charge in [-0.15, -0.1) is 11.3 Å². The highest BCUT2D eigenvalue weighted by Gasteiger charge is 2.13. The monoisotopic (exact) mass is 229 g/mol. The van der Waals surface area contributed by atoms with Crippen molar-refractivity contribution >= 4 is 23.3 Å². The summed E-state index contributed by atoms with van der Waals surface area (Å²) >= 11 is 1.42. The van der Waals surface area contributed by atoms with Crippen molar-refractivity contribution in [1.29, 1.82) is 0 Å². The van der Waals surface area contributed by atoms with E-state index in [0.29, 0.717) is 6.54 Å². The summed E-state index contributed by atoms with van der Waals surface area (Å²) < 4.78 is 0. The lowest BCUT2D eigenvalue weighted by atomic mass is 10.3. The largest absolute Gasteiger partial charge is 0.480 e. The third-order valence-corrected chi connectivity index (χ3v) is 2.38. The maximum absolute atomic E-state index is 11.1. The molecule has 82 valence electrons. The Labute approximate surface area is 90.3 Å². The van der Waals surface area contributed by atoms with Crippen LogP contribution in [0.5, 0.6) is 0 Å². The molecule has 0 aromatic carbocycles. The van der Waals surface area contributed by atoms with Crippen molar-refractivity contribution in [2.75, 3.05) is 0 Å². The first-order valence-corrected chi connectivity index (χ1v) is 5.13. The molecule has 3 N–H and O–H groups in total. The van der Waals surface area contributed by atoms with E-state index in [-0.39, 0.29) is 0 Å². The molecule has 0 radical (unpaired) electrons. The molecule has 1 aromatic heterocycles. The summed E-state index contributed by atoms with van der Waals surface area (Å²) in [6, 6.07) is -1.42. The molecule has 2 amide bonds. The predicted molar refractivity (Wildman–Crippen MR) is 54.6 cm³/mol. The number of aliphatic carboxylic acids is 1. The quantitative estimate of drug-likeness (QED) is 0.697. The summed E-state index contributed by atoms with van der Waals surface area (Å²) in [7, 11) is 0. The van der Waals surface area contributed by atoms with Crippen LogP contribution >= 0.6 is 11.3 Å². The van der Waals surface area contributed by atoms with Gasteiger partial charge in [0.05, 0.1) is 6.54 Å². The zero-order valence-corrected chi connectivity index (χ0v) is 8.87. The van der Waals surface area contributed by atoms with Crippen molar-refractivity contribution in [2.24, 2.45) is 0 Å². The number of rotatable bonds is 4. The zero-order chi connectivity index (χ0) is 11.3. The SMILES string of the molecule is C[C@@H](NC(=O)NCc1nccs1)C(=O)O. The Morgan fingerprint density at radius 3 is 2.93 bits per heavy atom. The summed E-state index contributed by atoms with van der Waals surface area (Å²) in [4.78, 5) is 25.5. The Kier molecular flexibility index (Phi) is 4.04. The molecular formula is C8H11N3O3S. The number of hydrogen-bond donors (Lipinski definition) is 3. The van der Waals surface area contributed by atoms with Crippen LogP contribution in [0, 0.1) is 0 Å². The number of hydrogen-bond acceptors (Lipinski definition) is 4. The molecule has 0 fully saturated rings. The molecule has 0 bridgehead atoms. The highest BCUT2D eigenvalue weighted by atomic mass is 32.1. The van der Waals surface area contributed by atoms with Gasteiger partial charge in [-0.2, -0.15) is 0 Å². The minimum atomic E-state index is -1.07. The number of urea groups is 1. The topological polar surface area (TPSA) is 91.3 Å². The van der Waals surface area contributed by atoms with Gasteiger partial charge in [0.15, 0.2) is 0 Å². The molecule has 1 aromatic rings. The van der Waals surface area contributed by atoms with Crippen LogP contribution in [0.2, 0.25) is 0 Å². The van der Waals surface area contributed by atoms with Crippen molar-refractivity contribution in [3.8, 4) is 0 Å². The number of thiazole rings is 1. The lowest BCUT2D eigenvalue weighted by molar-refractivity contribution is -0.138. The number of carboxylic acid groups (broad SMARTS) is 1. The first-order chi connectivity index (χ1) is 7.09. The second-order valence-corrected chi connectivity index (χ2v) is 3.79. The van der Waals surface area contributed by atoms with E-state index in [1.165, 1.54) is 18.3 Å². The van der Waals surface area contributed by atoms with E-state index in [4.69, 9.17) is 5.11 Å². The van der Waals surface area contributed by atoms with E-state index in [1.54, 1.807) is 11.6 Å². The number of carbonyl (C=O) groups excluding carboxylic acids is 1. The highest BCUT2D eigenvalue weighted by molar-refractivity contribution is 7.09. The second-order valence-electron chi connectivity index (χ2n) is 2.81. The fourth-order valence-electron chi connectivity index (χ4n) is 0.806. The third kappa shape index (κ3) is 3.94. The second kappa shape index (κ2) is 5.30. The number of nitrogens with zero attached hydrogens (tertiary/aromatic N) is 1. The molecule has 0 aliphatic heterocycles. The maximum atomic E-state index is 11.1. The number of aromatic nitrogens is 1. The van der Waals surface area contributed by atoms with Gasteiger partial charge in [0, 0.05) is 11.6 Å². The molecule has 1 heterocycles. The van der Waals surface area contributed by atoms with Gasteiger partial charge in [0.25, 0.3) is 0 Å². The van der Waals surface area contributed by atoms with Crippen LogP contribution in [0.4, 0.5) is 4.79 Å². The Morgan fingerprint density at radius 1 is 1.67 bits per heavy atom. The Morgan fingerprint density at radius 2 is 2.40 bits per heavy atom. The van der Waals surface area contributed by atoms with Gasteiger partial charge in [-0.3, -0.25) is 4.79 Å². The van der Waals surface area contributed by atoms with Crippen LogP contribution in [-0.4, -0.2) is 28.1 Å². The zero-order valence-electron chi connectivity index (χ0n) is 8.06. The molecule has 0 aliphatic carbocycles. The predicted octanol–water partition coefficient (Wildman–Crippen LogP) is 0.415. The summed E-state index contributed by atoms with van der Waals surface area (Å²) in [5.41, 5.74) is 0. The molecule has 1 atom stereocenters. The summed E-state index contributed by atoms with van der Waals surface area (Å²) in [5, 5.41) is 15.9. The molecule has 7 heteroatoms. The average Bonchev–Trinajstić information content (AvgIpc) is 2.66. The van der Waals surface area contributed by atoms with Gasteiger partial charge in [-0.25, -0.2) is 9.78 Å². The fraction of sp³-hybridized carbons (Fsp3) is 0.375. The average molecular weight is 229 g/mol. The molecule has 0 saturated heterocycles. The van der Waals surface area contributed by atoms with Crippen LogP contribution in [0.15, 0.2) is 11.6 Å². The lowest BCUT2D eigenvalue weighted by Crippen LogP contribution is -2.44. The van der Waals surface area contributed by atoms with Crippen LogP contribution in [0.25, 0.3) is 0 Å². The van der Waals surface area contributed by atoms with Crippen LogP contribution in [-0.2, 0) is 11.3 Å². The standard InChI is InChI=1S/C8H11N3O3S/c1-5(7(12)13)11-8(14)10-4-6-9-2-3-15-6/h2-3,5H,4H2,1H3,(H,12,13)(H2,10,11,14)/t5-/m1/s1. The van der Waals surface area contributed by atoms with Crippen molar-refractivity contribution in [1.82, 2.24) is 15.6 Å². The summed E-state index contributed by atoms with van der Waals surface area (Å²) in [6.45, 7) is 1.70. The minimum absolute atomic E-state index is 0.301. The van der Waals surface area contributed by atoms with Gasteiger partial charge < -0.3 is 15.7 Å². The molecular weight excluding hydrogens is 218 g/mol. The van der Waals surface area contributed by atoms with Crippen molar-refractivity contribution < 1.29 is 14.7 Å². The van der Waals surface area contributed by atoms with E-state index >= 15 is 0 Å². The number of nitrogens with one attached hydrogen (secondary N) is 2. The van der Waals surface area contributed by atoms with Crippen molar-refractivity contribution in [3.63, 3.8) is 0 Å². The molecule has 0 unspecified atom stereocenters. The number of carbonyl (C=O) groups is 2. The molecule has 0 aliphatic rings. The Hall–Kier alpha value is -1.63. The van der Waals surface area contributed by atoms with Gasteiger partial charge in [-0.1, -0.05) is 0 Å². The van der Waals surface area contributed by atoms with Crippen LogP contribution in [0.3, 0.4) is 0 Å². The molecule has 15 heavy (non-hydrogen) atoms. The smallest absolute Gasteiger partial charge is 0.325 e. The van der Waals surface area contributed by atoms with Crippen molar-refractivity contribution in [2.45, 2.75) is 19.5 Å². The minimum Gasteiger partial charge on any atom is -0.480 e. The summed E-state index contributed by atoms with van der Waals surface area (Å²) in [6.07, 6.45) is 1.64. The number of amides is 2. The molecule has 0 spiro atoms. The van der Waals surface area contributed by atoms with E-state index in [1.807, 2.05) is 0 Å². The molecule has 0 saturated carbocycles. The molecule has 1 rings (SSSR count). The van der Waals surface area contributed by atoms with E-state index in [0.717, 1.165) is 5.01 Å². The maximum Gasteiger partial charge on any atom is 0.325 e. The van der Waals surface area contributed by atoms with E-state index in [9.17, 15) is 9.59 Å². The number of carboxylic acids is 1. The van der Waals surface area contributed by atoms with Gasteiger partial charge in [-0.05, 0) is 6.92 Å². The van der Waals surface area contributed by atoms with Crippen LogP contribution in [0.1, 0.15) is 11.9 Å². The van der Waals surface area contributed by atoms with Gasteiger partial charge >= 0.3 is 12.0 Å². The first kappa shape index (κ1) is 11.4. The highest BCUT2D eigenvalue weighted by Crippen LogP contribution is 2.02. The fourth-order valence-corrected chi connectivity index (χ4v) is 1.36. The lowest BCUT2D eigenvalue weighted by Gasteiger charge is -2.09. The van der Waals surface area contributed by atoms with Gasteiger partial charge in [0.2, 0.25) is 0 Å². The van der Waals surface area contributed by atoms with Crippen molar-refractivity contribution in [3.05, 3.63) is 16.6 Å². The van der Waals surface area contributed by atoms with Crippen LogP contribution < -0.4 is 10.6 Å². The Balaban J connectivity index is 2.28. The van der Waals surface area contributed by atoms with Gasteiger partial charge in [0.1, 0.15) is 11.0 Å². The normalized spacial score (nSPS) is 11.8. The van der Waals surface area contributed by atoms with E-state index in [2.05, 4.69) is 15.6 Å².